The summed E-state index contributed by atoms with van der Waals surface area (Å²) in [6.07, 6.45) is 0.882. The molecule has 0 aliphatic heterocycles. The molecule has 5 nitrogen and oxygen atoms in total. The summed E-state index contributed by atoms with van der Waals surface area (Å²) >= 11 is 0. The highest BCUT2D eigenvalue weighted by atomic mass is 16.5. The number of nitrogens with one attached hydrogen (secondary N) is 1. The van der Waals surface area contributed by atoms with E-state index < -0.39 is 0 Å². The summed E-state index contributed by atoms with van der Waals surface area (Å²) in [6, 6.07) is 1.99. The Balaban J connectivity index is 1.87. The fourth-order valence-electron chi connectivity index (χ4n) is 1.99. The van der Waals surface area contributed by atoms with Crippen molar-refractivity contribution in [1.29, 1.82) is 0 Å². The van der Waals surface area contributed by atoms with E-state index in [9.17, 15) is 0 Å². The topological polar surface area (TPSA) is 58.0 Å². The van der Waals surface area contributed by atoms with E-state index >= 15 is 0 Å². The molecule has 2 rings (SSSR count). The van der Waals surface area contributed by atoms with E-state index in [1.54, 1.807) is 0 Å². The molecule has 0 unspecified atom stereocenters. The van der Waals surface area contributed by atoms with E-state index in [1.807, 2.05) is 19.9 Å². The van der Waals surface area contributed by atoms with Gasteiger partial charge in [-0.25, -0.2) is 0 Å². The van der Waals surface area contributed by atoms with Gasteiger partial charge in [-0.15, -0.1) is 0 Å². The number of aromatic nitrogens is 3. The van der Waals surface area contributed by atoms with E-state index in [-0.39, 0.29) is 0 Å². The van der Waals surface area contributed by atoms with Crippen LogP contribution in [0.1, 0.15) is 28.4 Å². The highest BCUT2D eigenvalue weighted by molar-refractivity contribution is 5.22. The summed E-state index contributed by atoms with van der Waals surface area (Å²) in [7, 11) is 2.11. The minimum atomic E-state index is 0.882. The molecule has 0 amide bonds. The molecule has 2 aromatic rings. The highest BCUT2D eigenvalue weighted by Crippen LogP contribution is 2.12. The lowest BCUT2D eigenvalue weighted by molar-refractivity contribution is 0.305. The van der Waals surface area contributed by atoms with Gasteiger partial charge in [0.2, 0.25) is 0 Å². The van der Waals surface area contributed by atoms with Crippen LogP contribution < -0.4 is 0 Å². The fourth-order valence-corrected chi connectivity index (χ4v) is 1.99. The predicted octanol–water partition coefficient (Wildman–Crippen LogP) is 2.00. The molecule has 0 saturated heterocycles. The zero-order valence-electron chi connectivity index (χ0n) is 11.4. The van der Waals surface area contributed by atoms with Crippen molar-refractivity contribution >= 4 is 0 Å². The molecule has 98 valence electrons. The first kappa shape index (κ1) is 12.8. The van der Waals surface area contributed by atoms with Gasteiger partial charge in [-0.3, -0.25) is 5.10 Å². The number of hydrogen-bond acceptors (Lipinski definition) is 4. The SMILES string of the molecule is Cc1cc(CCN(C)Cc2c(C)n[nH]c2C)on1. The number of hydrogen-bond donors (Lipinski definition) is 1. The van der Waals surface area contributed by atoms with Crippen molar-refractivity contribution in [2.75, 3.05) is 13.6 Å². The first-order valence-corrected chi connectivity index (χ1v) is 6.17. The van der Waals surface area contributed by atoms with Crippen LogP contribution in [0.5, 0.6) is 0 Å². The van der Waals surface area contributed by atoms with Crippen molar-refractivity contribution in [1.82, 2.24) is 20.3 Å². The van der Waals surface area contributed by atoms with Crippen molar-refractivity contribution in [3.05, 3.63) is 34.5 Å². The Morgan fingerprint density at radius 3 is 2.67 bits per heavy atom. The average molecular weight is 248 g/mol. The van der Waals surface area contributed by atoms with Crippen LogP contribution in [-0.2, 0) is 13.0 Å². The highest BCUT2D eigenvalue weighted by Gasteiger charge is 2.10. The van der Waals surface area contributed by atoms with Crippen LogP contribution in [0.3, 0.4) is 0 Å². The Morgan fingerprint density at radius 1 is 1.33 bits per heavy atom. The Labute approximate surface area is 107 Å². The maximum atomic E-state index is 5.20. The summed E-state index contributed by atoms with van der Waals surface area (Å²) in [5.41, 5.74) is 4.45. The van der Waals surface area contributed by atoms with Crippen LogP contribution in [-0.4, -0.2) is 33.8 Å². The van der Waals surface area contributed by atoms with Gasteiger partial charge in [0.05, 0.1) is 11.4 Å². The molecule has 5 heteroatoms. The molecular weight excluding hydrogens is 228 g/mol. The first-order valence-electron chi connectivity index (χ1n) is 6.17. The monoisotopic (exact) mass is 248 g/mol. The smallest absolute Gasteiger partial charge is 0.138 e. The molecule has 0 aliphatic carbocycles. The zero-order chi connectivity index (χ0) is 13.1. The lowest BCUT2D eigenvalue weighted by Crippen LogP contribution is -2.21. The Bertz CT molecular complexity index is 495. The molecular formula is C13H20N4O. The van der Waals surface area contributed by atoms with E-state index in [2.05, 4.69) is 34.2 Å². The fraction of sp³-hybridized carbons (Fsp3) is 0.538. The molecule has 0 aliphatic rings. The molecule has 0 aromatic carbocycles. The van der Waals surface area contributed by atoms with Crippen molar-refractivity contribution in [2.45, 2.75) is 33.7 Å². The van der Waals surface area contributed by atoms with E-state index in [4.69, 9.17) is 4.52 Å². The number of H-pyrrole nitrogens is 1. The summed E-state index contributed by atoms with van der Waals surface area (Å²) in [4.78, 5) is 2.27. The second-order valence-corrected chi connectivity index (χ2v) is 4.83. The molecule has 0 fully saturated rings. The van der Waals surface area contributed by atoms with E-state index in [0.717, 1.165) is 42.4 Å². The Kier molecular flexibility index (Phi) is 3.81. The molecule has 0 saturated carbocycles. The number of aryl methyl sites for hydroxylation is 3. The molecule has 2 aromatic heterocycles. The van der Waals surface area contributed by atoms with Crippen LogP contribution in [0, 0.1) is 20.8 Å². The van der Waals surface area contributed by atoms with Crippen LogP contribution in [0.25, 0.3) is 0 Å². The van der Waals surface area contributed by atoms with Crippen LogP contribution >= 0.6 is 0 Å². The molecule has 0 radical (unpaired) electrons. The second-order valence-electron chi connectivity index (χ2n) is 4.83. The van der Waals surface area contributed by atoms with Crippen molar-refractivity contribution in [3.63, 3.8) is 0 Å². The van der Waals surface area contributed by atoms with Gasteiger partial charge < -0.3 is 9.42 Å². The number of rotatable bonds is 5. The van der Waals surface area contributed by atoms with Gasteiger partial charge in [0.15, 0.2) is 0 Å². The Hall–Kier alpha value is -1.62. The summed E-state index contributed by atoms with van der Waals surface area (Å²) in [6.45, 7) is 7.88. The summed E-state index contributed by atoms with van der Waals surface area (Å²) in [5.74, 6) is 0.944. The largest absolute Gasteiger partial charge is 0.361 e. The van der Waals surface area contributed by atoms with Gasteiger partial charge in [0, 0.05) is 36.8 Å². The van der Waals surface area contributed by atoms with Crippen molar-refractivity contribution in [3.8, 4) is 0 Å². The molecule has 18 heavy (non-hydrogen) atoms. The third kappa shape index (κ3) is 2.98. The van der Waals surface area contributed by atoms with Gasteiger partial charge in [0.25, 0.3) is 0 Å². The summed E-state index contributed by atoms with van der Waals surface area (Å²) < 4.78 is 5.20. The minimum absolute atomic E-state index is 0.882. The Morgan fingerprint density at radius 2 is 2.11 bits per heavy atom. The number of likely N-dealkylation sites (N-methyl/N-ethyl adjacent to an activating group) is 1. The van der Waals surface area contributed by atoms with Crippen molar-refractivity contribution in [2.24, 2.45) is 0 Å². The first-order chi connectivity index (χ1) is 8.56. The lowest BCUT2D eigenvalue weighted by atomic mass is 10.2. The third-order valence-corrected chi connectivity index (χ3v) is 3.13. The van der Waals surface area contributed by atoms with Crippen molar-refractivity contribution < 1.29 is 4.52 Å². The molecule has 1 N–H and O–H groups in total. The number of nitrogens with zero attached hydrogens (tertiary/aromatic N) is 3. The van der Waals surface area contributed by atoms with Gasteiger partial charge in [-0.05, 0) is 27.8 Å². The quantitative estimate of drug-likeness (QED) is 0.879. The van der Waals surface area contributed by atoms with Gasteiger partial charge in [0.1, 0.15) is 5.76 Å². The zero-order valence-corrected chi connectivity index (χ0v) is 11.4. The second kappa shape index (κ2) is 5.35. The third-order valence-electron chi connectivity index (χ3n) is 3.13. The lowest BCUT2D eigenvalue weighted by Gasteiger charge is -2.15. The van der Waals surface area contributed by atoms with E-state index in [0.29, 0.717) is 0 Å². The maximum absolute atomic E-state index is 5.20. The molecule has 0 bridgehead atoms. The van der Waals surface area contributed by atoms with Crippen LogP contribution in [0.4, 0.5) is 0 Å². The summed E-state index contributed by atoms with van der Waals surface area (Å²) in [5, 5.41) is 11.1. The van der Waals surface area contributed by atoms with Gasteiger partial charge in [-0.1, -0.05) is 5.16 Å². The standard InChI is InChI=1S/C13H20N4O/c1-9-7-12(18-16-9)5-6-17(4)8-13-10(2)14-15-11(13)3/h7H,5-6,8H2,1-4H3,(H,14,15). The number of aromatic amines is 1. The predicted molar refractivity (Wildman–Crippen MR) is 69.3 cm³/mol. The minimum Gasteiger partial charge on any atom is -0.361 e. The van der Waals surface area contributed by atoms with Gasteiger partial charge >= 0.3 is 0 Å². The normalized spacial score (nSPS) is 11.4. The molecule has 0 atom stereocenters. The van der Waals surface area contributed by atoms with Crippen LogP contribution in [0.15, 0.2) is 10.6 Å². The van der Waals surface area contributed by atoms with Crippen LogP contribution in [0.2, 0.25) is 0 Å². The molecule has 2 heterocycles. The molecule has 0 spiro atoms. The van der Waals surface area contributed by atoms with E-state index in [1.165, 1.54) is 5.56 Å². The average Bonchev–Trinajstić information content (AvgIpc) is 2.87. The van der Waals surface area contributed by atoms with Gasteiger partial charge in [-0.2, -0.15) is 5.10 Å². The maximum Gasteiger partial charge on any atom is 0.138 e.